The lowest BCUT2D eigenvalue weighted by molar-refractivity contribution is -0.119. The summed E-state index contributed by atoms with van der Waals surface area (Å²) in [6, 6.07) is 26.0. The highest BCUT2D eigenvalue weighted by atomic mass is 16.1. The number of carbonyl (C=O) groups excluding carboxylic acids is 1. The number of anilines is 3. The molecule has 0 saturated heterocycles. The number of amides is 1. The smallest absolute Gasteiger partial charge is 0.245 e. The third-order valence-electron chi connectivity index (χ3n) is 3.83. The fourth-order valence-corrected chi connectivity index (χ4v) is 2.79. The summed E-state index contributed by atoms with van der Waals surface area (Å²) in [7, 11) is 0. The fourth-order valence-electron chi connectivity index (χ4n) is 2.79. The van der Waals surface area contributed by atoms with E-state index in [9.17, 15) is 4.79 Å². The zero-order valence-electron chi connectivity index (χ0n) is 13.2. The van der Waals surface area contributed by atoms with Crippen molar-refractivity contribution in [2.24, 2.45) is 5.73 Å². The number of nitrogen functional groups attached to an aromatic ring is 1. The van der Waals surface area contributed by atoms with Gasteiger partial charge in [0.05, 0.1) is 0 Å². The van der Waals surface area contributed by atoms with Gasteiger partial charge in [-0.15, -0.1) is 0 Å². The molecule has 0 aliphatic rings. The molecule has 1 atom stereocenters. The second-order valence-corrected chi connectivity index (χ2v) is 5.52. The lowest BCUT2D eigenvalue weighted by atomic mass is 10.0. The molecule has 0 heterocycles. The normalized spacial score (nSPS) is 11.7. The lowest BCUT2D eigenvalue weighted by Crippen LogP contribution is -2.35. The Bertz CT molecular complexity index is 819. The number of hydrogen-bond donors (Lipinski definition) is 2. The first kappa shape index (κ1) is 15.6. The van der Waals surface area contributed by atoms with Crippen LogP contribution in [0.1, 0.15) is 11.6 Å². The maximum Gasteiger partial charge on any atom is 0.245 e. The molecule has 120 valence electrons. The molecule has 0 fully saturated rings. The summed E-state index contributed by atoms with van der Waals surface area (Å²) in [6.07, 6.45) is 0. The molecule has 0 aliphatic carbocycles. The summed E-state index contributed by atoms with van der Waals surface area (Å²) in [6.45, 7) is 0. The van der Waals surface area contributed by atoms with E-state index in [2.05, 4.69) is 0 Å². The van der Waals surface area contributed by atoms with Crippen LogP contribution < -0.4 is 16.4 Å². The van der Waals surface area contributed by atoms with Crippen LogP contribution in [0.3, 0.4) is 0 Å². The van der Waals surface area contributed by atoms with Crippen molar-refractivity contribution in [3.63, 3.8) is 0 Å². The molecule has 0 aliphatic heterocycles. The molecule has 4 heteroatoms. The number of rotatable bonds is 5. The number of hydrogen-bond acceptors (Lipinski definition) is 3. The molecule has 4 nitrogen and oxygen atoms in total. The van der Waals surface area contributed by atoms with Crippen LogP contribution in [0.15, 0.2) is 84.9 Å². The van der Waals surface area contributed by atoms with Gasteiger partial charge in [-0.2, -0.15) is 0 Å². The molecule has 0 aromatic heterocycles. The summed E-state index contributed by atoms with van der Waals surface area (Å²) in [5.74, 6) is -0.424. The molecule has 1 amide bonds. The minimum absolute atomic E-state index is 0.424. The van der Waals surface area contributed by atoms with E-state index in [0.29, 0.717) is 5.69 Å². The first-order valence-corrected chi connectivity index (χ1v) is 7.71. The largest absolute Gasteiger partial charge is 0.399 e. The van der Waals surface area contributed by atoms with Crippen LogP contribution in [0, 0.1) is 0 Å². The van der Waals surface area contributed by atoms with Gasteiger partial charge >= 0.3 is 0 Å². The van der Waals surface area contributed by atoms with Gasteiger partial charge in [0.25, 0.3) is 0 Å². The Labute approximate surface area is 141 Å². The van der Waals surface area contributed by atoms with E-state index in [1.165, 1.54) is 0 Å². The minimum atomic E-state index is -0.629. The molecule has 0 spiro atoms. The van der Waals surface area contributed by atoms with E-state index in [-0.39, 0.29) is 0 Å². The Balaban J connectivity index is 2.18. The fraction of sp³-hybridized carbons (Fsp3) is 0.0500. The van der Waals surface area contributed by atoms with Gasteiger partial charge in [-0.05, 0) is 35.9 Å². The minimum Gasteiger partial charge on any atom is -0.399 e. The van der Waals surface area contributed by atoms with Gasteiger partial charge < -0.3 is 16.4 Å². The van der Waals surface area contributed by atoms with Crippen LogP contribution in [0.5, 0.6) is 0 Å². The van der Waals surface area contributed by atoms with Crippen LogP contribution in [0.2, 0.25) is 0 Å². The maximum absolute atomic E-state index is 12.3. The van der Waals surface area contributed by atoms with Crippen molar-refractivity contribution in [3.8, 4) is 0 Å². The zero-order chi connectivity index (χ0) is 16.9. The number of benzene rings is 3. The highest BCUT2D eigenvalue weighted by molar-refractivity contribution is 5.88. The second kappa shape index (κ2) is 6.87. The van der Waals surface area contributed by atoms with Crippen molar-refractivity contribution in [2.75, 3.05) is 10.6 Å². The van der Waals surface area contributed by atoms with Crippen LogP contribution >= 0.6 is 0 Å². The molecule has 0 saturated carbocycles. The van der Waals surface area contributed by atoms with Crippen LogP contribution in [-0.4, -0.2) is 5.91 Å². The summed E-state index contributed by atoms with van der Waals surface area (Å²) >= 11 is 0. The standard InChI is InChI=1S/C20H19N3O/c21-16-10-7-13-18(14-16)23(17-11-5-2-6-12-17)19(20(22)24)15-8-3-1-4-9-15/h1-14,19H,21H2,(H2,22,24). The highest BCUT2D eigenvalue weighted by Crippen LogP contribution is 2.35. The van der Waals surface area contributed by atoms with E-state index in [1.54, 1.807) is 0 Å². The first-order chi connectivity index (χ1) is 11.7. The Morgan fingerprint density at radius 2 is 1.38 bits per heavy atom. The number of para-hydroxylation sites is 1. The number of nitrogens with zero attached hydrogens (tertiary/aromatic N) is 1. The van der Waals surface area contributed by atoms with E-state index in [1.807, 2.05) is 89.8 Å². The summed E-state index contributed by atoms with van der Waals surface area (Å²) < 4.78 is 0. The van der Waals surface area contributed by atoms with Crippen molar-refractivity contribution in [2.45, 2.75) is 6.04 Å². The van der Waals surface area contributed by atoms with Crippen molar-refractivity contribution < 1.29 is 4.79 Å². The molecular formula is C20H19N3O. The molecule has 1 unspecified atom stereocenters. The lowest BCUT2D eigenvalue weighted by Gasteiger charge is -2.32. The average Bonchev–Trinajstić information content (AvgIpc) is 2.60. The Kier molecular flexibility index (Phi) is 4.47. The molecular weight excluding hydrogens is 298 g/mol. The quantitative estimate of drug-likeness (QED) is 0.706. The zero-order valence-corrected chi connectivity index (χ0v) is 13.2. The van der Waals surface area contributed by atoms with E-state index in [4.69, 9.17) is 11.5 Å². The van der Waals surface area contributed by atoms with E-state index < -0.39 is 11.9 Å². The third kappa shape index (κ3) is 3.22. The third-order valence-corrected chi connectivity index (χ3v) is 3.83. The molecule has 3 aromatic rings. The number of nitrogens with two attached hydrogens (primary N) is 2. The number of carbonyl (C=O) groups is 1. The molecule has 4 N–H and O–H groups in total. The monoisotopic (exact) mass is 317 g/mol. The van der Waals surface area contributed by atoms with Crippen LogP contribution in [-0.2, 0) is 4.79 Å². The van der Waals surface area contributed by atoms with Gasteiger partial charge in [0.15, 0.2) is 0 Å². The summed E-state index contributed by atoms with van der Waals surface area (Å²) in [4.78, 5) is 14.2. The molecule has 24 heavy (non-hydrogen) atoms. The average molecular weight is 317 g/mol. The van der Waals surface area contributed by atoms with Gasteiger partial charge in [0.1, 0.15) is 6.04 Å². The Morgan fingerprint density at radius 1 is 0.792 bits per heavy atom. The molecule has 0 bridgehead atoms. The van der Waals surface area contributed by atoms with Crippen LogP contribution in [0.25, 0.3) is 0 Å². The highest BCUT2D eigenvalue weighted by Gasteiger charge is 2.27. The van der Waals surface area contributed by atoms with E-state index in [0.717, 1.165) is 16.9 Å². The first-order valence-electron chi connectivity index (χ1n) is 7.71. The van der Waals surface area contributed by atoms with Crippen LogP contribution in [0.4, 0.5) is 17.1 Å². The Morgan fingerprint density at radius 3 is 1.96 bits per heavy atom. The maximum atomic E-state index is 12.3. The van der Waals surface area contributed by atoms with Gasteiger partial charge in [-0.3, -0.25) is 4.79 Å². The van der Waals surface area contributed by atoms with Gasteiger partial charge in [-0.25, -0.2) is 0 Å². The number of primary amides is 1. The predicted molar refractivity (Wildman–Crippen MR) is 97.8 cm³/mol. The van der Waals surface area contributed by atoms with Crippen molar-refractivity contribution >= 4 is 23.0 Å². The van der Waals surface area contributed by atoms with Gasteiger partial charge in [0, 0.05) is 17.1 Å². The van der Waals surface area contributed by atoms with Crippen molar-refractivity contribution in [1.29, 1.82) is 0 Å². The summed E-state index contributed by atoms with van der Waals surface area (Å²) in [5, 5.41) is 0. The molecule has 3 aromatic carbocycles. The topological polar surface area (TPSA) is 72.4 Å². The second-order valence-electron chi connectivity index (χ2n) is 5.52. The SMILES string of the molecule is NC(=O)C(c1ccccc1)N(c1ccccc1)c1cccc(N)c1. The van der Waals surface area contributed by atoms with Gasteiger partial charge in [-0.1, -0.05) is 54.6 Å². The van der Waals surface area contributed by atoms with E-state index >= 15 is 0 Å². The summed E-state index contributed by atoms with van der Waals surface area (Å²) in [5.41, 5.74) is 14.9. The Hall–Kier alpha value is -3.27. The molecule has 3 rings (SSSR count). The van der Waals surface area contributed by atoms with Crippen molar-refractivity contribution in [3.05, 3.63) is 90.5 Å². The predicted octanol–water partition coefficient (Wildman–Crippen LogP) is 3.63. The van der Waals surface area contributed by atoms with Crippen molar-refractivity contribution in [1.82, 2.24) is 0 Å². The molecule has 0 radical (unpaired) electrons. The van der Waals surface area contributed by atoms with Gasteiger partial charge in [0.2, 0.25) is 5.91 Å².